The number of rotatable bonds is 4. The van der Waals surface area contributed by atoms with Crippen molar-refractivity contribution >= 4 is 11.7 Å². The molecular weight excluding hydrogens is 250 g/mol. The third-order valence-corrected chi connectivity index (χ3v) is 4.17. The van der Waals surface area contributed by atoms with Crippen LogP contribution in [0.4, 0.5) is 0 Å². The fraction of sp³-hybridized carbons (Fsp3) is 0.412. The SMILES string of the molecule is C=C(C)[C@H]1CN([C@H](C)c2ccccc2)C(=O)[C@@H]1C(C)=O. The van der Waals surface area contributed by atoms with Crippen LogP contribution in [0.3, 0.4) is 0 Å². The average molecular weight is 271 g/mol. The molecule has 1 heterocycles. The molecule has 1 aliphatic rings. The molecule has 0 N–H and O–H groups in total. The number of likely N-dealkylation sites (tertiary alicyclic amines) is 1. The van der Waals surface area contributed by atoms with E-state index in [0.717, 1.165) is 11.1 Å². The van der Waals surface area contributed by atoms with Crippen LogP contribution in [0.1, 0.15) is 32.4 Å². The molecule has 1 aliphatic heterocycles. The summed E-state index contributed by atoms with van der Waals surface area (Å²) in [5.41, 5.74) is 1.99. The van der Waals surface area contributed by atoms with Gasteiger partial charge in [0.05, 0.1) is 6.04 Å². The average Bonchev–Trinajstić information content (AvgIpc) is 2.77. The Kier molecular flexibility index (Phi) is 4.07. The van der Waals surface area contributed by atoms with Crippen molar-refractivity contribution in [2.75, 3.05) is 6.54 Å². The van der Waals surface area contributed by atoms with Gasteiger partial charge in [0.1, 0.15) is 11.7 Å². The third-order valence-electron chi connectivity index (χ3n) is 4.17. The number of hydrogen-bond acceptors (Lipinski definition) is 2. The molecule has 3 heteroatoms. The minimum absolute atomic E-state index is 0.0186. The summed E-state index contributed by atoms with van der Waals surface area (Å²) in [4.78, 5) is 26.1. The quantitative estimate of drug-likeness (QED) is 0.623. The molecule has 0 bridgehead atoms. The Balaban J connectivity index is 2.28. The van der Waals surface area contributed by atoms with Gasteiger partial charge in [-0.2, -0.15) is 0 Å². The summed E-state index contributed by atoms with van der Waals surface area (Å²) < 4.78 is 0. The largest absolute Gasteiger partial charge is 0.335 e. The second-order valence-corrected chi connectivity index (χ2v) is 5.62. The van der Waals surface area contributed by atoms with E-state index >= 15 is 0 Å². The minimum Gasteiger partial charge on any atom is -0.335 e. The molecule has 1 amide bonds. The van der Waals surface area contributed by atoms with Gasteiger partial charge in [0, 0.05) is 12.5 Å². The lowest BCUT2D eigenvalue weighted by molar-refractivity contribution is -0.137. The number of amides is 1. The predicted octanol–water partition coefficient (Wildman–Crippen LogP) is 2.99. The van der Waals surface area contributed by atoms with E-state index in [1.54, 1.807) is 4.90 Å². The Morgan fingerprint density at radius 1 is 1.30 bits per heavy atom. The van der Waals surface area contributed by atoms with Crippen LogP contribution in [0.15, 0.2) is 42.5 Å². The smallest absolute Gasteiger partial charge is 0.234 e. The van der Waals surface area contributed by atoms with E-state index < -0.39 is 5.92 Å². The van der Waals surface area contributed by atoms with E-state index in [4.69, 9.17) is 0 Å². The van der Waals surface area contributed by atoms with Gasteiger partial charge in [-0.1, -0.05) is 42.5 Å². The molecule has 0 aromatic heterocycles. The highest BCUT2D eigenvalue weighted by molar-refractivity contribution is 6.02. The van der Waals surface area contributed by atoms with Crippen molar-refractivity contribution in [3.63, 3.8) is 0 Å². The van der Waals surface area contributed by atoms with Crippen LogP contribution in [-0.2, 0) is 9.59 Å². The van der Waals surface area contributed by atoms with Crippen molar-refractivity contribution in [1.82, 2.24) is 4.90 Å². The molecule has 3 nitrogen and oxygen atoms in total. The second kappa shape index (κ2) is 5.61. The number of Topliss-reactive ketones (excluding diaryl/α,β-unsaturated/α-hetero) is 1. The van der Waals surface area contributed by atoms with E-state index in [1.165, 1.54) is 6.92 Å². The topological polar surface area (TPSA) is 37.4 Å². The lowest BCUT2D eigenvalue weighted by atomic mass is 9.87. The van der Waals surface area contributed by atoms with E-state index in [2.05, 4.69) is 6.58 Å². The Labute approximate surface area is 120 Å². The van der Waals surface area contributed by atoms with Crippen molar-refractivity contribution in [2.45, 2.75) is 26.8 Å². The summed E-state index contributed by atoms with van der Waals surface area (Å²) in [6.45, 7) is 9.91. The van der Waals surface area contributed by atoms with Crippen LogP contribution in [0.25, 0.3) is 0 Å². The first kappa shape index (κ1) is 14.5. The molecule has 2 rings (SSSR count). The normalized spacial score (nSPS) is 23.8. The van der Waals surface area contributed by atoms with Gasteiger partial charge in [-0.05, 0) is 26.3 Å². The standard InChI is InChI=1S/C17H21NO2/c1-11(2)15-10-18(17(20)16(15)13(4)19)12(3)14-8-6-5-7-9-14/h5-9,12,15-16H,1,10H2,2-4H3/t12-,15-,16-/m1/s1. The summed E-state index contributed by atoms with van der Waals surface area (Å²) in [6, 6.07) is 9.88. The van der Waals surface area contributed by atoms with Gasteiger partial charge >= 0.3 is 0 Å². The number of benzene rings is 1. The Morgan fingerprint density at radius 3 is 2.35 bits per heavy atom. The molecule has 0 aliphatic carbocycles. The number of hydrogen-bond donors (Lipinski definition) is 0. The number of carbonyl (C=O) groups is 2. The van der Waals surface area contributed by atoms with Gasteiger partial charge in [0.15, 0.2) is 0 Å². The third kappa shape index (κ3) is 2.53. The Morgan fingerprint density at radius 2 is 1.90 bits per heavy atom. The number of carbonyl (C=O) groups excluding carboxylic acids is 2. The summed E-state index contributed by atoms with van der Waals surface area (Å²) in [7, 11) is 0. The van der Waals surface area contributed by atoms with E-state index in [9.17, 15) is 9.59 Å². The lowest BCUT2D eigenvalue weighted by Gasteiger charge is -2.25. The minimum atomic E-state index is -0.557. The molecule has 0 unspecified atom stereocenters. The molecule has 1 saturated heterocycles. The lowest BCUT2D eigenvalue weighted by Crippen LogP contribution is -2.32. The fourth-order valence-corrected chi connectivity index (χ4v) is 2.92. The zero-order chi connectivity index (χ0) is 14.9. The fourth-order valence-electron chi connectivity index (χ4n) is 2.92. The van der Waals surface area contributed by atoms with Gasteiger partial charge < -0.3 is 4.90 Å². The molecule has 1 fully saturated rings. The molecule has 0 saturated carbocycles. The van der Waals surface area contributed by atoms with E-state index in [-0.39, 0.29) is 23.7 Å². The highest BCUT2D eigenvalue weighted by Crippen LogP contribution is 2.35. The summed E-state index contributed by atoms with van der Waals surface area (Å²) >= 11 is 0. The van der Waals surface area contributed by atoms with Gasteiger partial charge in [-0.25, -0.2) is 0 Å². The monoisotopic (exact) mass is 271 g/mol. The van der Waals surface area contributed by atoms with Crippen molar-refractivity contribution in [1.29, 1.82) is 0 Å². The van der Waals surface area contributed by atoms with Crippen molar-refractivity contribution in [3.8, 4) is 0 Å². The number of nitrogens with zero attached hydrogens (tertiary/aromatic N) is 1. The first-order chi connectivity index (χ1) is 9.43. The highest BCUT2D eigenvalue weighted by atomic mass is 16.2. The van der Waals surface area contributed by atoms with E-state index in [1.807, 2.05) is 44.2 Å². The molecule has 3 atom stereocenters. The van der Waals surface area contributed by atoms with Crippen LogP contribution in [-0.4, -0.2) is 23.1 Å². The van der Waals surface area contributed by atoms with Crippen LogP contribution >= 0.6 is 0 Å². The van der Waals surface area contributed by atoms with Gasteiger partial charge in [0.25, 0.3) is 0 Å². The Hall–Kier alpha value is -1.90. The molecule has 0 spiro atoms. The maximum atomic E-state index is 12.5. The summed E-state index contributed by atoms with van der Waals surface area (Å²) in [5.74, 6) is -0.752. The zero-order valence-corrected chi connectivity index (χ0v) is 12.3. The van der Waals surface area contributed by atoms with Gasteiger partial charge in [-0.3, -0.25) is 9.59 Å². The zero-order valence-electron chi connectivity index (χ0n) is 12.3. The van der Waals surface area contributed by atoms with Crippen LogP contribution < -0.4 is 0 Å². The van der Waals surface area contributed by atoms with Crippen LogP contribution in [0.2, 0.25) is 0 Å². The molecule has 106 valence electrons. The first-order valence-electron chi connectivity index (χ1n) is 6.94. The molecular formula is C17H21NO2. The van der Waals surface area contributed by atoms with Crippen molar-refractivity contribution in [3.05, 3.63) is 48.0 Å². The maximum absolute atomic E-state index is 12.5. The van der Waals surface area contributed by atoms with E-state index in [0.29, 0.717) is 6.54 Å². The molecule has 20 heavy (non-hydrogen) atoms. The van der Waals surface area contributed by atoms with Gasteiger partial charge in [-0.15, -0.1) is 0 Å². The first-order valence-corrected chi connectivity index (χ1v) is 6.94. The number of ketones is 1. The maximum Gasteiger partial charge on any atom is 0.234 e. The molecule has 1 aromatic carbocycles. The van der Waals surface area contributed by atoms with Crippen LogP contribution in [0.5, 0.6) is 0 Å². The predicted molar refractivity (Wildman–Crippen MR) is 79.0 cm³/mol. The second-order valence-electron chi connectivity index (χ2n) is 5.62. The van der Waals surface area contributed by atoms with Crippen molar-refractivity contribution in [2.24, 2.45) is 11.8 Å². The molecule has 0 radical (unpaired) electrons. The molecule has 1 aromatic rings. The Bertz CT molecular complexity index is 535. The summed E-state index contributed by atoms with van der Waals surface area (Å²) in [6.07, 6.45) is 0. The summed E-state index contributed by atoms with van der Waals surface area (Å²) in [5, 5.41) is 0. The van der Waals surface area contributed by atoms with Crippen LogP contribution in [0, 0.1) is 11.8 Å². The highest BCUT2D eigenvalue weighted by Gasteiger charge is 2.45. The van der Waals surface area contributed by atoms with Gasteiger partial charge in [0.2, 0.25) is 5.91 Å². The van der Waals surface area contributed by atoms with Crippen molar-refractivity contribution < 1.29 is 9.59 Å².